The zero-order valence-corrected chi connectivity index (χ0v) is 18.4. The largest absolute Gasteiger partial charge is 0.462 e. The number of carbonyl (C=O) groups excluding carboxylic acids is 3. The van der Waals surface area contributed by atoms with Gasteiger partial charge in [-0.2, -0.15) is 0 Å². The highest BCUT2D eigenvalue weighted by Gasteiger charge is 2.65. The smallest absolute Gasteiger partial charge is 0.331 e. The van der Waals surface area contributed by atoms with E-state index >= 15 is 0 Å². The molecule has 0 spiro atoms. The number of esters is 2. The van der Waals surface area contributed by atoms with Crippen molar-refractivity contribution in [2.45, 2.75) is 76.9 Å². The summed E-state index contributed by atoms with van der Waals surface area (Å²) < 4.78 is 10.6. The molecule has 0 aromatic heterocycles. The monoisotopic (exact) mass is 428 g/mol. The highest BCUT2D eigenvalue weighted by atomic mass is 16.5. The molecule has 1 aliphatic heterocycles. The van der Waals surface area contributed by atoms with Gasteiger partial charge in [0.1, 0.15) is 19.0 Å². The summed E-state index contributed by atoms with van der Waals surface area (Å²) in [5.41, 5.74) is 0.596. The number of aliphatic hydroxyl groups is 1. The van der Waals surface area contributed by atoms with Crippen LogP contribution < -0.4 is 0 Å². The zero-order valence-electron chi connectivity index (χ0n) is 18.4. The first kappa shape index (κ1) is 20.9. The average Bonchev–Trinajstić information content (AvgIpc) is 3.29. The number of rotatable bonds is 3. The maximum Gasteiger partial charge on any atom is 0.331 e. The van der Waals surface area contributed by atoms with Crippen LogP contribution in [0.3, 0.4) is 0 Å². The van der Waals surface area contributed by atoms with E-state index < -0.39 is 11.0 Å². The van der Waals surface area contributed by atoms with E-state index in [4.69, 9.17) is 9.47 Å². The second-order valence-electron chi connectivity index (χ2n) is 10.6. The van der Waals surface area contributed by atoms with Gasteiger partial charge in [0.25, 0.3) is 0 Å². The summed E-state index contributed by atoms with van der Waals surface area (Å²) >= 11 is 0. The van der Waals surface area contributed by atoms with E-state index in [1.807, 2.05) is 0 Å². The molecular formula is C25H32O6. The van der Waals surface area contributed by atoms with Crippen molar-refractivity contribution in [1.82, 2.24) is 0 Å². The van der Waals surface area contributed by atoms with E-state index in [0.717, 1.165) is 37.5 Å². The molecule has 0 unspecified atom stereocenters. The van der Waals surface area contributed by atoms with E-state index in [-0.39, 0.29) is 41.2 Å². The fourth-order valence-corrected chi connectivity index (χ4v) is 7.98. The molecule has 0 bridgehead atoms. The Morgan fingerprint density at radius 3 is 2.74 bits per heavy atom. The Kier molecular flexibility index (Phi) is 4.74. The molecule has 168 valence electrons. The number of hydrogen-bond acceptors (Lipinski definition) is 6. The highest BCUT2D eigenvalue weighted by molar-refractivity contribution is 5.85. The number of ether oxygens (including phenoxy) is 2. The van der Waals surface area contributed by atoms with Crippen molar-refractivity contribution in [2.75, 3.05) is 6.61 Å². The third-order valence-corrected chi connectivity index (χ3v) is 9.38. The molecule has 0 radical (unpaired) electrons. The standard InChI is InChI=1S/C25H32O6/c1-15(27)31-17-5-9-24(14-26)21-7-8-23(2)19(16-11-22(28)30-13-16)3-4-20(23)18(21)6-10-25(24,29)12-17/h4,11,14,17-19,21,29H,3,5-10,12-13H2,1-2H3/t17-,18+,19+,21-,23+,24+,25-/m1/s1. The van der Waals surface area contributed by atoms with E-state index in [0.29, 0.717) is 32.3 Å². The van der Waals surface area contributed by atoms with Crippen molar-refractivity contribution in [3.63, 3.8) is 0 Å². The Labute approximate surface area is 183 Å². The van der Waals surface area contributed by atoms with Crippen molar-refractivity contribution in [2.24, 2.45) is 28.6 Å². The molecular weight excluding hydrogens is 396 g/mol. The second kappa shape index (κ2) is 7.03. The molecule has 1 heterocycles. The first-order valence-electron chi connectivity index (χ1n) is 11.7. The lowest BCUT2D eigenvalue weighted by atomic mass is 9.44. The van der Waals surface area contributed by atoms with Crippen LogP contribution in [0.1, 0.15) is 65.2 Å². The summed E-state index contributed by atoms with van der Waals surface area (Å²) in [6.07, 6.45) is 10.4. The molecule has 1 N–H and O–H groups in total. The second-order valence-corrected chi connectivity index (χ2v) is 10.6. The van der Waals surface area contributed by atoms with Crippen molar-refractivity contribution >= 4 is 18.2 Å². The molecule has 31 heavy (non-hydrogen) atoms. The van der Waals surface area contributed by atoms with Crippen LogP contribution in [0, 0.1) is 28.6 Å². The fourth-order valence-electron chi connectivity index (χ4n) is 7.98. The van der Waals surface area contributed by atoms with Gasteiger partial charge >= 0.3 is 11.9 Å². The van der Waals surface area contributed by atoms with Crippen LogP contribution in [0.25, 0.3) is 0 Å². The number of aldehydes is 1. The average molecular weight is 429 g/mol. The summed E-state index contributed by atoms with van der Waals surface area (Å²) in [5.74, 6) is 0.0873. The molecule has 5 rings (SSSR count). The van der Waals surface area contributed by atoms with E-state index in [2.05, 4.69) is 13.0 Å². The van der Waals surface area contributed by atoms with Gasteiger partial charge in [-0.25, -0.2) is 4.79 Å². The maximum absolute atomic E-state index is 12.6. The van der Waals surface area contributed by atoms with Crippen LogP contribution in [0.4, 0.5) is 0 Å². The van der Waals surface area contributed by atoms with E-state index in [9.17, 15) is 19.5 Å². The lowest BCUT2D eigenvalue weighted by molar-refractivity contribution is -0.206. The number of cyclic esters (lactones) is 1. The first-order chi connectivity index (χ1) is 14.7. The lowest BCUT2D eigenvalue weighted by Gasteiger charge is -2.61. The summed E-state index contributed by atoms with van der Waals surface area (Å²) in [7, 11) is 0. The fraction of sp³-hybridized carbons (Fsp3) is 0.720. The Morgan fingerprint density at radius 2 is 2.06 bits per heavy atom. The predicted molar refractivity (Wildman–Crippen MR) is 112 cm³/mol. The highest BCUT2D eigenvalue weighted by Crippen LogP contribution is 2.67. The van der Waals surface area contributed by atoms with Gasteiger partial charge in [-0.3, -0.25) is 4.79 Å². The Morgan fingerprint density at radius 1 is 1.26 bits per heavy atom. The van der Waals surface area contributed by atoms with Crippen LogP contribution in [0.2, 0.25) is 0 Å². The Bertz CT molecular complexity index is 888. The number of carbonyl (C=O) groups is 3. The van der Waals surface area contributed by atoms with Crippen molar-refractivity contribution < 1.29 is 29.0 Å². The van der Waals surface area contributed by atoms with Gasteiger partial charge in [-0.05, 0) is 73.7 Å². The molecule has 7 atom stereocenters. The van der Waals surface area contributed by atoms with Gasteiger partial charge in [-0.1, -0.05) is 18.6 Å². The molecule has 0 aromatic rings. The third kappa shape index (κ3) is 2.90. The lowest BCUT2D eigenvalue weighted by Crippen LogP contribution is -2.64. The summed E-state index contributed by atoms with van der Waals surface area (Å²) in [6.45, 7) is 4.10. The van der Waals surface area contributed by atoms with Crippen molar-refractivity contribution in [3.8, 4) is 0 Å². The SMILES string of the molecule is CC(=O)O[C@@H]1CC[C@]2(C=O)[C@@H]3CC[C@]4(C)C(=CC[C@H]4C4=CC(=O)OC4)[C@@H]3CC[C@@]2(O)C1. The third-order valence-electron chi connectivity index (χ3n) is 9.38. The summed E-state index contributed by atoms with van der Waals surface area (Å²) in [6, 6.07) is 0. The van der Waals surface area contributed by atoms with Gasteiger partial charge in [-0.15, -0.1) is 0 Å². The Balaban J connectivity index is 1.43. The van der Waals surface area contributed by atoms with Gasteiger partial charge in [0.05, 0.1) is 11.0 Å². The van der Waals surface area contributed by atoms with Gasteiger partial charge in [0.2, 0.25) is 0 Å². The number of allylic oxidation sites excluding steroid dienone is 2. The van der Waals surface area contributed by atoms with Crippen LogP contribution in [0.5, 0.6) is 0 Å². The number of hydrogen-bond donors (Lipinski definition) is 1. The predicted octanol–water partition coefficient (Wildman–Crippen LogP) is 3.27. The Hall–Kier alpha value is -1.95. The molecule has 0 amide bonds. The van der Waals surface area contributed by atoms with Crippen molar-refractivity contribution in [1.29, 1.82) is 0 Å². The normalized spacial score (nSPS) is 46.1. The molecule has 3 fully saturated rings. The van der Waals surface area contributed by atoms with E-state index in [1.54, 1.807) is 6.08 Å². The molecule has 3 saturated carbocycles. The molecule has 0 aromatic carbocycles. The maximum atomic E-state index is 12.6. The van der Waals surface area contributed by atoms with Gasteiger partial charge in [0.15, 0.2) is 0 Å². The minimum Gasteiger partial charge on any atom is -0.462 e. The molecule has 0 saturated heterocycles. The quantitative estimate of drug-likeness (QED) is 0.422. The summed E-state index contributed by atoms with van der Waals surface area (Å²) in [5, 5.41) is 11.7. The minimum absolute atomic E-state index is 0.0184. The van der Waals surface area contributed by atoms with E-state index in [1.165, 1.54) is 12.5 Å². The molecule has 6 nitrogen and oxygen atoms in total. The van der Waals surface area contributed by atoms with Crippen LogP contribution in [-0.4, -0.2) is 41.6 Å². The minimum atomic E-state index is -1.12. The van der Waals surface area contributed by atoms with Gasteiger partial charge < -0.3 is 19.4 Å². The number of fused-ring (bicyclic) bond motifs is 5. The summed E-state index contributed by atoms with van der Waals surface area (Å²) in [4.78, 5) is 35.8. The molecule has 5 aliphatic rings. The zero-order chi connectivity index (χ0) is 22.0. The van der Waals surface area contributed by atoms with Crippen LogP contribution in [0.15, 0.2) is 23.3 Å². The topological polar surface area (TPSA) is 89.9 Å². The van der Waals surface area contributed by atoms with Gasteiger partial charge in [0, 0.05) is 19.4 Å². The van der Waals surface area contributed by atoms with Crippen LogP contribution >= 0.6 is 0 Å². The first-order valence-corrected chi connectivity index (χ1v) is 11.7. The van der Waals surface area contributed by atoms with Crippen molar-refractivity contribution in [3.05, 3.63) is 23.3 Å². The molecule has 6 heteroatoms. The molecule has 4 aliphatic carbocycles. The van der Waals surface area contributed by atoms with Crippen LogP contribution in [-0.2, 0) is 23.9 Å².